The number of carbonyl (C=O) groups excluding carboxylic acids is 1. The molecule has 6 nitrogen and oxygen atoms in total. The number of aromatic nitrogens is 1. The third kappa shape index (κ3) is 5.70. The lowest BCUT2D eigenvalue weighted by atomic mass is 10.2. The molecule has 0 unspecified atom stereocenters. The highest BCUT2D eigenvalue weighted by molar-refractivity contribution is 6.32. The fourth-order valence-electron chi connectivity index (χ4n) is 2.42. The first kappa shape index (κ1) is 20.6. The number of pyridine rings is 1. The highest BCUT2D eigenvalue weighted by atomic mass is 35.5. The summed E-state index contributed by atoms with van der Waals surface area (Å²) in [7, 11) is 1.52. The number of amides is 1. The van der Waals surface area contributed by atoms with E-state index >= 15 is 0 Å². The molecule has 2 aromatic carbocycles. The highest BCUT2D eigenvalue weighted by Crippen LogP contribution is 2.36. The van der Waals surface area contributed by atoms with E-state index in [1.807, 2.05) is 12.1 Å². The van der Waals surface area contributed by atoms with Crippen LogP contribution in [0.5, 0.6) is 11.5 Å². The van der Waals surface area contributed by atoms with E-state index in [4.69, 9.17) is 32.7 Å². The molecule has 29 heavy (non-hydrogen) atoms. The van der Waals surface area contributed by atoms with E-state index in [1.165, 1.54) is 19.5 Å². The van der Waals surface area contributed by atoms with Crippen molar-refractivity contribution in [1.29, 1.82) is 0 Å². The molecule has 0 saturated heterocycles. The average molecular weight is 430 g/mol. The molecule has 3 rings (SSSR count). The lowest BCUT2D eigenvalue weighted by molar-refractivity contribution is 0.0955. The molecule has 0 aliphatic rings. The number of nitrogens with one attached hydrogen (secondary N) is 1. The minimum absolute atomic E-state index is 0.307. The summed E-state index contributed by atoms with van der Waals surface area (Å²) in [5.41, 5.74) is 4.42. The Balaban J connectivity index is 1.68. The second kappa shape index (κ2) is 9.91. The van der Waals surface area contributed by atoms with Crippen LogP contribution in [0.25, 0.3) is 0 Å². The van der Waals surface area contributed by atoms with Crippen molar-refractivity contribution in [3.8, 4) is 11.5 Å². The van der Waals surface area contributed by atoms with Gasteiger partial charge in [-0.25, -0.2) is 5.43 Å². The number of carbonyl (C=O) groups is 1. The van der Waals surface area contributed by atoms with Gasteiger partial charge >= 0.3 is 0 Å². The summed E-state index contributed by atoms with van der Waals surface area (Å²) in [6.07, 6.45) is 4.51. The molecule has 0 aliphatic heterocycles. The zero-order valence-electron chi connectivity index (χ0n) is 15.4. The first-order valence-electron chi connectivity index (χ1n) is 8.55. The van der Waals surface area contributed by atoms with Crippen molar-refractivity contribution in [2.75, 3.05) is 7.11 Å². The molecule has 0 fully saturated rings. The van der Waals surface area contributed by atoms with Crippen LogP contribution >= 0.6 is 23.2 Å². The molecule has 1 heterocycles. The maximum atomic E-state index is 12.0. The molecule has 0 aliphatic carbocycles. The topological polar surface area (TPSA) is 72.8 Å². The SMILES string of the molecule is COc1cc(/C=N/NC(=O)c2cccnc2)cc(Cl)c1OCc1ccc(Cl)cc1. The van der Waals surface area contributed by atoms with Crippen LogP contribution < -0.4 is 14.9 Å². The van der Waals surface area contributed by atoms with Gasteiger partial charge in [0, 0.05) is 17.4 Å². The summed E-state index contributed by atoms with van der Waals surface area (Å²) in [6.45, 7) is 0.307. The third-order valence-corrected chi connectivity index (χ3v) is 4.38. The summed E-state index contributed by atoms with van der Waals surface area (Å²) < 4.78 is 11.2. The zero-order valence-corrected chi connectivity index (χ0v) is 16.9. The Morgan fingerprint density at radius 1 is 1.21 bits per heavy atom. The Labute approximate surface area is 178 Å². The second-order valence-electron chi connectivity index (χ2n) is 5.89. The van der Waals surface area contributed by atoms with E-state index in [9.17, 15) is 4.79 Å². The lowest BCUT2D eigenvalue weighted by Gasteiger charge is -2.13. The monoisotopic (exact) mass is 429 g/mol. The van der Waals surface area contributed by atoms with Crippen LogP contribution in [-0.2, 0) is 6.61 Å². The molecule has 1 N–H and O–H groups in total. The number of ether oxygens (including phenoxy) is 2. The minimum Gasteiger partial charge on any atom is -0.493 e. The number of benzene rings is 2. The summed E-state index contributed by atoms with van der Waals surface area (Å²) in [4.78, 5) is 15.9. The molecular formula is C21H17Cl2N3O3. The average Bonchev–Trinajstić information content (AvgIpc) is 2.74. The smallest absolute Gasteiger partial charge is 0.272 e. The van der Waals surface area contributed by atoms with Crippen molar-refractivity contribution in [3.63, 3.8) is 0 Å². The van der Waals surface area contributed by atoms with Crippen molar-refractivity contribution in [2.24, 2.45) is 5.10 Å². The Hall–Kier alpha value is -3.09. The summed E-state index contributed by atoms with van der Waals surface area (Å²) in [5.74, 6) is 0.502. The van der Waals surface area contributed by atoms with Crippen LogP contribution in [0.15, 0.2) is 66.0 Å². The highest BCUT2D eigenvalue weighted by Gasteiger charge is 2.12. The van der Waals surface area contributed by atoms with Crippen LogP contribution in [0.3, 0.4) is 0 Å². The largest absolute Gasteiger partial charge is 0.493 e. The van der Waals surface area contributed by atoms with Crippen molar-refractivity contribution >= 4 is 35.3 Å². The van der Waals surface area contributed by atoms with E-state index in [1.54, 1.807) is 42.6 Å². The molecule has 8 heteroatoms. The molecule has 0 radical (unpaired) electrons. The minimum atomic E-state index is -0.365. The number of methoxy groups -OCH3 is 1. The number of nitrogens with zero attached hydrogens (tertiary/aromatic N) is 2. The fourth-order valence-corrected chi connectivity index (χ4v) is 2.82. The molecule has 3 aromatic rings. The Morgan fingerprint density at radius 2 is 2.00 bits per heavy atom. The van der Waals surface area contributed by atoms with Gasteiger partial charge in [-0.05, 0) is 47.5 Å². The van der Waals surface area contributed by atoms with Crippen LogP contribution in [-0.4, -0.2) is 24.2 Å². The van der Waals surface area contributed by atoms with Gasteiger partial charge in [0.2, 0.25) is 0 Å². The molecule has 0 atom stereocenters. The first-order chi connectivity index (χ1) is 14.1. The molecule has 0 spiro atoms. The molecule has 1 aromatic heterocycles. The number of hydrogen-bond donors (Lipinski definition) is 1. The molecule has 0 saturated carbocycles. The number of hydrazone groups is 1. The van der Waals surface area contributed by atoms with E-state index in [-0.39, 0.29) is 5.91 Å². The van der Waals surface area contributed by atoms with Crippen LogP contribution in [0, 0.1) is 0 Å². The molecule has 1 amide bonds. The van der Waals surface area contributed by atoms with Crippen molar-refractivity contribution in [2.45, 2.75) is 6.61 Å². The second-order valence-corrected chi connectivity index (χ2v) is 6.73. The van der Waals surface area contributed by atoms with Crippen LogP contribution in [0.4, 0.5) is 0 Å². The lowest BCUT2D eigenvalue weighted by Crippen LogP contribution is -2.17. The van der Waals surface area contributed by atoms with E-state index in [0.29, 0.717) is 39.3 Å². The Kier molecular flexibility index (Phi) is 7.05. The number of hydrogen-bond acceptors (Lipinski definition) is 5. The standard InChI is InChI=1S/C21H17Cl2N3O3/c1-28-19-10-15(11-25-26-21(27)16-3-2-8-24-12-16)9-18(23)20(19)29-13-14-4-6-17(22)7-5-14/h2-12H,13H2,1H3,(H,26,27)/b25-11+. The van der Waals surface area contributed by atoms with Crippen LogP contribution in [0.2, 0.25) is 10.0 Å². The van der Waals surface area contributed by atoms with E-state index < -0.39 is 0 Å². The van der Waals surface area contributed by atoms with Gasteiger partial charge in [-0.3, -0.25) is 9.78 Å². The van der Waals surface area contributed by atoms with Crippen molar-refractivity contribution in [1.82, 2.24) is 10.4 Å². The van der Waals surface area contributed by atoms with E-state index in [2.05, 4.69) is 15.5 Å². The molecule has 148 valence electrons. The van der Waals surface area contributed by atoms with Gasteiger partial charge in [0.15, 0.2) is 11.5 Å². The normalized spacial score (nSPS) is 10.7. The zero-order chi connectivity index (χ0) is 20.6. The predicted octanol–water partition coefficient (Wildman–Crippen LogP) is 4.74. The third-order valence-electron chi connectivity index (χ3n) is 3.85. The summed E-state index contributed by atoms with van der Waals surface area (Å²) in [5, 5.41) is 4.96. The summed E-state index contributed by atoms with van der Waals surface area (Å²) >= 11 is 12.3. The van der Waals surface area contributed by atoms with Gasteiger partial charge < -0.3 is 9.47 Å². The maximum absolute atomic E-state index is 12.0. The van der Waals surface area contributed by atoms with Crippen molar-refractivity contribution < 1.29 is 14.3 Å². The van der Waals surface area contributed by atoms with Gasteiger partial charge in [0.05, 0.1) is 23.9 Å². The van der Waals surface area contributed by atoms with Gasteiger partial charge in [0.1, 0.15) is 6.61 Å². The Bertz CT molecular complexity index is 1010. The van der Waals surface area contributed by atoms with Gasteiger partial charge in [-0.15, -0.1) is 0 Å². The summed E-state index contributed by atoms with van der Waals surface area (Å²) in [6, 6.07) is 14.0. The quantitative estimate of drug-likeness (QED) is 0.434. The fraction of sp³-hybridized carbons (Fsp3) is 0.0952. The maximum Gasteiger partial charge on any atom is 0.272 e. The van der Waals surface area contributed by atoms with Gasteiger partial charge in [0.25, 0.3) is 5.91 Å². The van der Waals surface area contributed by atoms with Crippen LogP contribution in [0.1, 0.15) is 21.5 Å². The van der Waals surface area contributed by atoms with Gasteiger partial charge in [-0.2, -0.15) is 5.10 Å². The van der Waals surface area contributed by atoms with Gasteiger partial charge in [-0.1, -0.05) is 35.3 Å². The number of halogens is 2. The Morgan fingerprint density at radius 3 is 2.69 bits per heavy atom. The first-order valence-corrected chi connectivity index (χ1v) is 9.30. The number of rotatable bonds is 7. The molecular weight excluding hydrogens is 413 g/mol. The van der Waals surface area contributed by atoms with E-state index in [0.717, 1.165) is 5.56 Å². The molecule has 0 bridgehead atoms. The predicted molar refractivity (Wildman–Crippen MR) is 113 cm³/mol. The van der Waals surface area contributed by atoms with Crippen molar-refractivity contribution in [3.05, 3.63) is 87.7 Å².